The normalized spacial score (nSPS) is 24.0. The monoisotopic (exact) mass is 623 g/mol. The maximum absolute atomic E-state index is 14.2. The molecule has 0 N–H and O–H groups in total. The largest absolute Gasteiger partial charge is 0.444 e. The van der Waals surface area contributed by atoms with Crippen LogP contribution in [0.15, 0.2) is 36.5 Å². The summed E-state index contributed by atoms with van der Waals surface area (Å²) in [5, 5.41) is 0. The van der Waals surface area contributed by atoms with Gasteiger partial charge in [-0.2, -0.15) is 0 Å². The van der Waals surface area contributed by atoms with Crippen LogP contribution in [0.4, 0.5) is 14.9 Å². The number of hydrogen-bond acceptors (Lipinski definition) is 7. The van der Waals surface area contributed by atoms with Crippen LogP contribution in [0.2, 0.25) is 0 Å². The van der Waals surface area contributed by atoms with Crippen LogP contribution < -0.4 is 4.90 Å². The average molecular weight is 624 g/mol. The lowest BCUT2D eigenvalue weighted by molar-refractivity contribution is -0.121. The van der Waals surface area contributed by atoms with Crippen molar-refractivity contribution in [3.8, 4) is 0 Å². The summed E-state index contributed by atoms with van der Waals surface area (Å²) in [6, 6.07) is 8.81. The summed E-state index contributed by atoms with van der Waals surface area (Å²) in [5.41, 5.74) is 2.87. The minimum atomic E-state index is -0.581. The van der Waals surface area contributed by atoms with Crippen LogP contribution in [0, 0.1) is 5.82 Å². The quantitative estimate of drug-likeness (QED) is 0.436. The van der Waals surface area contributed by atoms with E-state index in [0.29, 0.717) is 32.1 Å². The molecule has 1 aromatic heterocycles. The van der Waals surface area contributed by atoms with E-state index in [4.69, 9.17) is 14.5 Å². The fourth-order valence-corrected chi connectivity index (χ4v) is 6.75. The van der Waals surface area contributed by atoms with Gasteiger partial charge in [-0.1, -0.05) is 26.0 Å². The van der Waals surface area contributed by atoms with E-state index in [1.165, 1.54) is 12.1 Å². The zero-order valence-electron chi connectivity index (χ0n) is 28.0. The van der Waals surface area contributed by atoms with Gasteiger partial charge in [0.15, 0.2) is 0 Å². The first-order chi connectivity index (χ1) is 21.2. The van der Waals surface area contributed by atoms with Crippen LogP contribution in [0.5, 0.6) is 0 Å². The van der Waals surface area contributed by atoms with E-state index in [2.05, 4.69) is 36.6 Å². The average Bonchev–Trinajstić information content (AvgIpc) is 3.23. The van der Waals surface area contributed by atoms with Gasteiger partial charge in [0.25, 0.3) is 0 Å². The van der Waals surface area contributed by atoms with Crippen LogP contribution in [0.1, 0.15) is 71.7 Å². The number of rotatable bonds is 7. The summed E-state index contributed by atoms with van der Waals surface area (Å²) in [7, 11) is 0. The van der Waals surface area contributed by atoms with Crippen LogP contribution in [-0.2, 0) is 26.1 Å². The summed E-state index contributed by atoms with van der Waals surface area (Å²) in [6.45, 7) is 19.2. The van der Waals surface area contributed by atoms with Crippen molar-refractivity contribution in [1.29, 1.82) is 0 Å². The lowest BCUT2D eigenvalue weighted by Gasteiger charge is -2.46. The third kappa shape index (κ3) is 8.02. The zero-order valence-corrected chi connectivity index (χ0v) is 28.0. The first-order valence-electron chi connectivity index (χ1n) is 16.3. The van der Waals surface area contributed by atoms with Crippen molar-refractivity contribution in [3.05, 3.63) is 59.2 Å². The first kappa shape index (κ1) is 33.3. The number of benzene rings is 1. The molecule has 9 nitrogen and oxygen atoms in total. The maximum Gasteiger partial charge on any atom is 0.410 e. The molecule has 2 fully saturated rings. The molecule has 3 atom stereocenters. The summed E-state index contributed by atoms with van der Waals surface area (Å²) in [6.07, 6.45) is 3.00. The third-order valence-corrected chi connectivity index (χ3v) is 9.21. The molecule has 5 rings (SSSR count). The number of piperazine rings is 1. The van der Waals surface area contributed by atoms with Gasteiger partial charge < -0.3 is 19.3 Å². The van der Waals surface area contributed by atoms with Gasteiger partial charge in [0, 0.05) is 62.5 Å². The van der Waals surface area contributed by atoms with Gasteiger partial charge in [0.1, 0.15) is 11.4 Å². The van der Waals surface area contributed by atoms with Crippen molar-refractivity contribution < 1.29 is 23.5 Å². The molecule has 2 saturated heterocycles. The van der Waals surface area contributed by atoms with Gasteiger partial charge in [0.2, 0.25) is 5.91 Å². The van der Waals surface area contributed by atoms with Crippen LogP contribution in [0.3, 0.4) is 0 Å². The molecule has 3 aliphatic rings. The van der Waals surface area contributed by atoms with Crippen LogP contribution >= 0.6 is 0 Å². The lowest BCUT2D eigenvalue weighted by Crippen LogP contribution is -2.61. The highest BCUT2D eigenvalue weighted by Gasteiger charge is 2.42. The molecule has 0 radical (unpaired) electrons. The molecule has 2 amide bonds. The molecule has 4 heterocycles. The number of anilines is 1. The molecule has 10 heteroatoms. The van der Waals surface area contributed by atoms with Crippen molar-refractivity contribution in [3.63, 3.8) is 0 Å². The number of ether oxygens (including phenoxy) is 2. The Kier molecular flexibility index (Phi) is 9.87. The minimum Gasteiger partial charge on any atom is -0.444 e. The Balaban J connectivity index is 1.34. The molecular weight excluding hydrogens is 573 g/mol. The van der Waals surface area contributed by atoms with Gasteiger partial charge in [-0.25, -0.2) is 9.18 Å². The number of carbonyl (C=O) groups is 2. The van der Waals surface area contributed by atoms with Crippen molar-refractivity contribution in [2.45, 2.75) is 90.4 Å². The molecule has 45 heavy (non-hydrogen) atoms. The molecule has 0 bridgehead atoms. The second kappa shape index (κ2) is 13.3. The molecule has 1 aromatic carbocycles. The predicted octanol–water partition coefficient (Wildman–Crippen LogP) is 4.86. The van der Waals surface area contributed by atoms with E-state index < -0.39 is 5.60 Å². The summed E-state index contributed by atoms with van der Waals surface area (Å²) >= 11 is 0. The highest BCUT2D eigenvalue weighted by atomic mass is 19.1. The number of amides is 2. The third-order valence-electron chi connectivity index (χ3n) is 9.21. The van der Waals surface area contributed by atoms with Gasteiger partial charge >= 0.3 is 6.09 Å². The Hall–Kier alpha value is -3.08. The SMILES string of the molecule is C[C@@H]1COCCN1CC[C@H]1CN(C(=O)OC(C)(C)C)[C@H](C)CN1CC(=O)N1CC(C)(C)c2ncc(Cc3ccc(F)cc3)cc21. The number of nitrogens with zero attached hydrogens (tertiary/aromatic N) is 5. The molecule has 3 aliphatic heterocycles. The lowest BCUT2D eigenvalue weighted by atomic mass is 9.91. The topological polar surface area (TPSA) is 78.5 Å². The summed E-state index contributed by atoms with van der Waals surface area (Å²) in [5.74, 6) is -0.228. The highest BCUT2D eigenvalue weighted by Crippen LogP contribution is 2.40. The number of fused-ring (bicyclic) bond motifs is 1. The Morgan fingerprint density at radius 2 is 1.80 bits per heavy atom. The molecule has 0 unspecified atom stereocenters. The van der Waals surface area contributed by atoms with E-state index in [1.807, 2.05) is 43.7 Å². The number of aromatic nitrogens is 1. The first-order valence-corrected chi connectivity index (χ1v) is 16.3. The van der Waals surface area contributed by atoms with Gasteiger partial charge in [-0.3, -0.25) is 19.6 Å². The summed E-state index contributed by atoms with van der Waals surface area (Å²) in [4.78, 5) is 40.6. The van der Waals surface area contributed by atoms with E-state index in [-0.39, 0.29) is 41.9 Å². The van der Waals surface area contributed by atoms with Gasteiger partial charge in [0.05, 0.1) is 31.1 Å². The molecule has 2 aromatic rings. The standard InChI is InChI=1S/C35H50FN5O4/c1-24-19-39(29(12-13-38-14-15-44-22-25(38)2)20-40(24)33(43)45-34(3,4)5)21-31(42)41-23-35(6,7)32-30(41)17-27(18-37-32)16-26-8-10-28(36)11-9-26/h8-11,17-18,24-25,29H,12-16,19-23H2,1-7H3/t24-,25-,29+/m1/s1. The van der Waals surface area contributed by atoms with Crippen molar-refractivity contribution >= 4 is 17.7 Å². The number of morpholine rings is 1. The zero-order chi connectivity index (χ0) is 32.5. The number of halogens is 1. The van der Waals surface area contributed by atoms with Crippen LogP contribution in [-0.4, -0.2) is 108 Å². The van der Waals surface area contributed by atoms with Crippen molar-refractivity contribution in [2.75, 3.05) is 57.4 Å². The van der Waals surface area contributed by atoms with E-state index in [9.17, 15) is 14.0 Å². The Morgan fingerprint density at radius 3 is 2.49 bits per heavy atom. The smallest absolute Gasteiger partial charge is 0.410 e. The highest BCUT2D eigenvalue weighted by molar-refractivity contribution is 5.97. The van der Waals surface area contributed by atoms with E-state index in [1.54, 1.807) is 12.1 Å². The summed E-state index contributed by atoms with van der Waals surface area (Å²) < 4.78 is 24.9. The Labute approximate surface area is 267 Å². The van der Waals surface area contributed by atoms with Crippen molar-refractivity contribution in [1.82, 2.24) is 19.7 Å². The number of pyridine rings is 1. The van der Waals surface area contributed by atoms with Gasteiger partial charge in [-0.05, 0) is 76.8 Å². The maximum atomic E-state index is 14.2. The number of carbonyl (C=O) groups excluding carboxylic acids is 2. The fourth-order valence-electron chi connectivity index (χ4n) is 6.75. The minimum absolute atomic E-state index is 0.00531. The molecule has 246 valence electrons. The fraction of sp³-hybridized carbons (Fsp3) is 0.629. The Bertz CT molecular complexity index is 1360. The molecule has 0 spiro atoms. The molecule has 0 saturated carbocycles. The van der Waals surface area contributed by atoms with E-state index >= 15 is 0 Å². The van der Waals surface area contributed by atoms with Crippen molar-refractivity contribution in [2.24, 2.45) is 0 Å². The second-order valence-corrected chi connectivity index (χ2v) is 14.7. The van der Waals surface area contributed by atoms with E-state index in [0.717, 1.165) is 55.2 Å². The predicted molar refractivity (Wildman–Crippen MR) is 173 cm³/mol. The molecule has 0 aliphatic carbocycles. The van der Waals surface area contributed by atoms with Gasteiger partial charge in [-0.15, -0.1) is 0 Å². The van der Waals surface area contributed by atoms with Crippen LogP contribution in [0.25, 0.3) is 0 Å². The number of hydrogen-bond donors (Lipinski definition) is 0. The molecular formula is C35H50FN5O4. The Morgan fingerprint density at radius 1 is 1.07 bits per heavy atom. The second-order valence-electron chi connectivity index (χ2n) is 14.7.